The number of hydrogen-bond donors (Lipinski definition) is 2. The second-order valence-electron chi connectivity index (χ2n) is 6.10. The fourth-order valence-electron chi connectivity index (χ4n) is 2.87. The van der Waals surface area contributed by atoms with Crippen molar-refractivity contribution in [3.8, 4) is 0 Å². The lowest BCUT2D eigenvalue weighted by Crippen LogP contribution is -2.22. The highest BCUT2D eigenvalue weighted by Crippen LogP contribution is 2.43. The summed E-state index contributed by atoms with van der Waals surface area (Å²) >= 11 is 0. The fourth-order valence-corrected chi connectivity index (χ4v) is 2.87. The molecule has 1 fully saturated rings. The van der Waals surface area contributed by atoms with E-state index in [1.165, 1.54) is 19.3 Å². The molecule has 0 radical (unpaired) electrons. The molecule has 1 aromatic rings. The Hall–Kier alpha value is -1.51. The van der Waals surface area contributed by atoms with Gasteiger partial charge in [0.05, 0.1) is 5.92 Å². The third kappa shape index (κ3) is 3.53. The first-order valence-electron chi connectivity index (χ1n) is 7.62. The highest BCUT2D eigenvalue weighted by Gasteiger charge is 2.38. The highest BCUT2D eigenvalue weighted by atomic mass is 16.4. The minimum atomic E-state index is -0.775. The van der Waals surface area contributed by atoms with Gasteiger partial charge in [0.2, 0.25) is 0 Å². The minimum absolute atomic E-state index is 0.457. The van der Waals surface area contributed by atoms with E-state index in [-0.39, 0.29) is 0 Å². The van der Waals surface area contributed by atoms with Crippen LogP contribution in [-0.2, 0) is 4.79 Å². The van der Waals surface area contributed by atoms with Gasteiger partial charge >= 0.3 is 5.97 Å². The Morgan fingerprint density at radius 3 is 2.75 bits per heavy atom. The van der Waals surface area contributed by atoms with Crippen LogP contribution in [0.2, 0.25) is 0 Å². The van der Waals surface area contributed by atoms with Crippen molar-refractivity contribution in [1.82, 2.24) is 0 Å². The van der Waals surface area contributed by atoms with E-state index in [1.807, 2.05) is 24.3 Å². The van der Waals surface area contributed by atoms with Crippen LogP contribution < -0.4 is 5.32 Å². The smallest absolute Gasteiger partial charge is 0.310 e. The summed E-state index contributed by atoms with van der Waals surface area (Å²) in [5.41, 5.74) is 1.91. The average Bonchev–Trinajstić information content (AvgIpc) is 3.14. The van der Waals surface area contributed by atoms with E-state index in [4.69, 9.17) is 5.11 Å². The van der Waals surface area contributed by atoms with Gasteiger partial charge in [-0.1, -0.05) is 32.4 Å². The molecule has 4 unspecified atom stereocenters. The lowest BCUT2D eigenvalue weighted by atomic mass is 10.00. The van der Waals surface area contributed by atoms with Crippen LogP contribution in [0.3, 0.4) is 0 Å². The van der Waals surface area contributed by atoms with Crippen molar-refractivity contribution in [1.29, 1.82) is 0 Å². The second kappa shape index (κ2) is 6.29. The molecule has 1 aliphatic rings. The quantitative estimate of drug-likeness (QED) is 0.787. The third-order valence-electron chi connectivity index (χ3n) is 4.40. The molecule has 0 amide bonds. The van der Waals surface area contributed by atoms with Gasteiger partial charge in [-0.15, -0.1) is 0 Å². The van der Waals surface area contributed by atoms with Crippen molar-refractivity contribution < 1.29 is 9.90 Å². The van der Waals surface area contributed by atoms with Crippen molar-refractivity contribution in [2.45, 2.75) is 52.0 Å². The Labute approximate surface area is 121 Å². The molecular weight excluding hydrogens is 250 g/mol. The Morgan fingerprint density at radius 2 is 2.20 bits per heavy atom. The summed E-state index contributed by atoms with van der Waals surface area (Å²) < 4.78 is 0. The monoisotopic (exact) mass is 275 g/mol. The van der Waals surface area contributed by atoms with Gasteiger partial charge in [-0.25, -0.2) is 0 Å². The number of hydrogen-bond acceptors (Lipinski definition) is 2. The lowest BCUT2D eigenvalue weighted by Gasteiger charge is -2.20. The largest absolute Gasteiger partial charge is 0.481 e. The van der Waals surface area contributed by atoms with Crippen LogP contribution >= 0.6 is 0 Å². The fraction of sp³-hybridized carbons (Fsp3) is 0.588. The zero-order valence-electron chi connectivity index (χ0n) is 12.6. The Bertz CT molecular complexity index is 472. The molecule has 110 valence electrons. The van der Waals surface area contributed by atoms with Gasteiger partial charge in [0.15, 0.2) is 0 Å². The maximum Gasteiger partial charge on any atom is 0.310 e. The SMILES string of the molecule is CCCC(Nc1cccc(C(C)C(=O)O)c1)C1CC1C. The summed E-state index contributed by atoms with van der Waals surface area (Å²) in [5.74, 6) is 0.361. The van der Waals surface area contributed by atoms with Crippen molar-refractivity contribution in [3.05, 3.63) is 29.8 Å². The molecule has 0 aliphatic heterocycles. The summed E-state index contributed by atoms with van der Waals surface area (Å²) in [5, 5.41) is 12.7. The first-order valence-corrected chi connectivity index (χ1v) is 7.62. The Kier molecular flexibility index (Phi) is 4.69. The van der Waals surface area contributed by atoms with Gasteiger partial charge < -0.3 is 10.4 Å². The summed E-state index contributed by atoms with van der Waals surface area (Å²) in [6, 6.07) is 8.36. The number of carboxylic acids is 1. The molecule has 4 atom stereocenters. The molecule has 1 aliphatic carbocycles. The normalized spacial score (nSPS) is 23.9. The Balaban J connectivity index is 2.08. The number of benzene rings is 1. The molecule has 1 saturated carbocycles. The van der Waals surface area contributed by atoms with E-state index in [1.54, 1.807) is 6.92 Å². The van der Waals surface area contributed by atoms with Crippen LogP contribution in [0.1, 0.15) is 51.5 Å². The van der Waals surface area contributed by atoms with E-state index >= 15 is 0 Å². The number of nitrogens with one attached hydrogen (secondary N) is 1. The first kappa shape index (κ1) is 14.9. The predicted molar refractivity (Wildman–Crippen MR) is 82.1 cm³/mol. The summed E-state index contributed by atoms with van der Waals surface area (Å²) in [4.78, 5) is 11.1. The average molecular weight is 275 g/mol. The first-order chi connectivity index (χ1) is 9.52. The molecule has 0 spiro atoms. The Morgan fingerprint density at radius 1 is 1.50 bits per heavy atom. The van der Waals surface area contributed by atoms with Gasteiger partial charge in [0.1, 0.15) is 0 Å². The number of carboxylic acid groups (broad SMARTS) is 1. The topological polar surface area (TPSA) is 49.3 Å². The van der Waals surface area contributed by atoms with E-state index in [0.717, 1.165) is 23.1 Å². The van der Waals surface area contributed by atoms with Gasteiger partial charge in [-0.2, -0.15) is 0 Å². The van der Waals surface area contributed by atoms with Crippen LogP contribution in [0.5, 0.6) is 0 Å². The molecule has 0 heterocycles. The van der Waals surface area contributed by atoms with Crippen molar-refractivity contribution >= 4 is 11.7 Å². The molecule has 0 saturated heterocycles. The van der Waals surface area contributed by atoms with E-state index < -0.39 is 11.9 Å². The van der Waals surface area contributed by atoms with Crippen molar-refractivity contribution in [2.24, 2.45) is 11.8 Å². The lowest BCUT2D eigenvalue weighted by molar-refractivity contribution is -0.138. The summed E-state index contributed by atoms with van der Waals surface area (Å²) in [7, 11) is 0. The van der Waals surface area contributed by atoms with E-state index in [9.17, 15) is 4.79 Å². The molecule has 0 aromatic heterocycles. The van der Waals surface area contributed by atoms with Crippen molar-refractivity contribution in [3.63, 3.8) is 0 Å². The van der Waals surface area contributed by atoms with Crippen LogP contribution in [0, 0.1) is 11.8 Å². The molecule has 3 heteroatoms. The van der Waals surface area contributed by atoms with Crippen LogP contribution in [0.4, 0.5) is 5.69 Å². The van der Waals surface area contributed by atoms with E-state index in [0.29, 0.717) is 6.04 Å². The van der Waals surface area contributed by atoms with E-state index in [2.05, 4.69) is 19.2 Å². The van der Waals surface area contributed by atoms with Gasteiger partial charge in [0.25, 0.3) is 0 Å². The molecule has 2 rings (SSSR count). The number of anilines is 1. The van der Waals surface area contributed by atoms with Crippen LogP contribution in [0.25, 0.3) is 0 Å². The van der Waals surface area contributed by atoms with Gasteiger partial charge in [-0.05, 0) is 49.3 Å². The molecule has 1 aromatic carbocycles. The third-order valence-corrected chi connectivity index (χ3v) is 4.40. The van der Waals surface area contributed by atoms with Gasteiger partial charge in [-0.3, -0.25) is 4.79 Å². The summed E-state index contributed by atoms with van der Waals surface area (Å²) in [6.07, 6.45) is 3.66. The second-order valence-corrected chi connectivity index (χ2v) is 6.10. The maximum absolute atomic E-state index is 11.1. The predicted octanol–water partition coefficient (Wildman–Crippen LogP) is 4.11. The molecule has 2 N–H and O–H groups in total. The minimum Gasteiger partial charge on any atom is -0.481 e. The van der Waals surface area contributed by atoms with Crippen LogP contribution in [0.15, 0.2) is 24.3 Å². The van der Waals surface area contributed by atoms with Crippen molar-refractivity contribution in [2.75, 3.05) is 5.32 Å². The molecular formula is C17H25NO2. The zero-order valence-corrected chi connectivity index (χ0v) is 12.6. The molecule has 3 nitrogen and oxygen atoms in total. The molecule has 20 heavy (non-hydrogen) atoms. The van der Waals surface area contributed by atoms with Crippen LogP contribution in [-0.4, -0.2) is 17.1 Å². The van der Waals surface area contributed by atoms with Gasteiger partial charge in [0, 0.05) is 11.7 Å². The number of carbonyl (C=O) groups is 1. The number of rotatable bonds is 7. The standard InChI is InChI=1S/C17H25NO2/c1-4-6-16(15-9-11(15)2)18-14-8-5-7-13(10-14)12(3)17(19)20/h5,7-8,10-12,15-16,18H,4,6,9H2,1-3H3,(H,19,20). The number of aliphatic carboxylic acids is 1. The summed E-state index contributed by atoms with van der Waals surface area (Å²) in [6.45, 7) is 6.25. The highest BCUT2D eigenvalue weighted by molar-refractivity contribution is 5.76. The molecule has 0 bridgehead atoms. The zero-order chi connectivity index (χ0) is 14.7. The maximum atomic E-state index is 11.1.